The normalized spacial score (nSPS) is 11.6. The average molecular weight is 334 g/mol. The van der Waals surface area contributed by atoms with E-state index in [1.54, 1.807) is 12.1 Å². The Kier molecular flexibility index (Phi) is 5.09. The maximum atomic E-state index is 13.0. The monoisotopic (exact) mass is 334 g/mol. The maximum Gasteiger partial charge on any atom is 0.251 e. The van der Waals surface area contributed by atoms with Crippen molar-refractivity contribution < 1.29 is 9.18 Å². The fourth-order valence-electron chi connectivity index (χ4n) is 2.59. The van der Waals surface area contributed by atoms with E-state index in [0.717, 1.165) is 16.8 Å². The lowest BCUT2D eigenvalue weighted by Crippen LogP contribution is -2.27. The Balaban J connectivity index is 1.85. The van der Waals surface area contributed by atoms with E-state index in [4.69, 9.17) is 0 Å². The zero-order chi connectivity index (χ0) is 17.6. The molecule has 0 aliphatic rings. The van der Waals surface area contributed by atoms with Gasteiger partial charge in [0, 0.05) is 11.4 Å². The Morgan fingerprint density at radius 1 is 0.880 bits per heavy atom. The molecule has 4 heteroatoms. The largest absolute Gasteiger partial charge is 0.370 e. The van der Waals surface area contributed by atoms with E-state index in [1.807, 2.05) is 61.5 Å². The molecule has 0 radical (unpaired) electrons. The third kappa shape index (κ3) is 4.44. The molecule has 1 atom stereocenters. The molecule has 3 aromatic rings. The first kappa shape index (κ1) is 16.7. The van der Waals surface area contributed by atoms with E-state index in [2.05, 4.69) is 10.6 Å². The molecule has 1 amide bonds. The minimum atomic E-state index is -0.562. The number of halogens is 1. The topological polar surface area (TPSA) is 41.1 Å². The zero-order valence-electron chi connectivity index (χ0n) is 13.9. The molecule has 0 unspecified atom stereocenters. The number of amides is 1. The van der Waals surface area contributed by atoms with Gasteiger partial charge in [-0.1, -0.05) is 42.5 Å². The highest BCUT2D eigenvalue weighted by Crippen LogP contribution is 2.22. The fraction of sp³-hybridized carbons (Fsp3) is 0.0952. The number of aryl methyl sites for hydroxylation is 1. The van der Waals surface area contributed by atoms with E-state index in [0.29, 0.717) is 5.69 Å². The highest BCUT2D eigenvalue weighted by Gasteiger charge is 2.20. The first-order chi connectivity index (χ1) is 12.1. The Hall–Kier alpha value is -3.14. The second-order valence-electron chi connectivity index (χ2n) is 5.85. The predicted octanol–water partition coefficient (Wildman–Crippen LogP) is 4.93. The molecule has 0 aliphatic heterocycles. The van der Waals surface area contributed by atoms with Gasteiger partial charge in [-0.3, -0.25) is 4.79 Å². The Bertz CT molecular complexity index is 847. The molecule has 3 rings (SSSR count). The van der Waals surface area contributed by atoms with Crippen molar-refractivity contribution in [2.24, 2.45) is 0 Å². The molecule has 0 saturated heterocycles. The van der Waals surface area contributed by atoms with Crippen LogP contribution in [-0.2, 0) is 4.79 Å². The lowest BCUT2D eigenvalue weighted by Gasteiger charge is -2.20. The number of anilines is 2. The van der Waals surface area contributed by atoms with Crippen molar-refractivity contribution in [1.29, 1.82) is 0 Å². The molecule has 0 aromatic heterocycles. The summed E-state index contributed by atoms with van der Waals surface area (Å²) < 4.78 is 13.0. The first-order valence-corrected chi connectivity index (χ1v) is 8.06. The Morgan fingerprint density at radius 2 is 1.60 bits per heavy atom. The first-order valence-electron chi connectivity index (χ1n) is 8.06. The second kappa shape index (κ2) is 7.62. The van der Waals surface area contributed by atoms with Gasteiger partial charge < -0.3 is 10.6 Å². The van der Waals surface area contributed by atoms with Crippen molar-refractivity contribution in [3.63, 3.8) is 0 Å². The fourth-order valence-corrected chi connectivity index (χ4v) is 2.59. The molecule has 126 valence electrons. The van der Waals surface area contributed by atoms with Crippen LogP contribution >= 0.6 is 0 Å². The average Bonchev–Trinajstić information content (AvgIpc) is 2.62. The van der Waals surface area contributed by atoms with Crippen molar-refractivity contribution in [3.8, 4) is 0 Å². The van der Waals surface area contributed by atoms with Crippen molar-refractivity contribution in [1.82, 2.24) is 0 Å². The van der Waals surface area contributed by atoms with Crippen LogP contribution in [0.4, 0.5) is 15.8 Å². The van der Waals surface area contributed by atoms with Gasteiger partial charge in [-0.2, -0.15) is 0 Å². The molecule has 0 heterocycles. The number of nitrogens with one attached hydrogen (secondary N) is 2. The molecule has 2 N–H and O–H groups in total. The minimum Gasteiger partial charge on any atom is -0.370 e. The third-order valence-electron chi connectivity index (χ3n) is 3.84. The van der Waals surface area contributed by atoms with Crippen LogP contribution in [0.1, 0.15) is 17.2 Å². The lowest BCUT2D eigenvalue weighted by molar-refractivity contribution is -0.117. The summed E-state index contributed by atoms with van der Waals surface area (Å²) in [6.07, 6.45) is 0. The van der Waals surface area contributed by atoms with Crippen LogP contribution < -0.4 is 10.6 Å². The van der Waals surface area contributed by atoms with E-state index < -0.39 is 6.04 Å². The van der Waals surface area contributed by atoms with Crippen LogP contribution in [0.25, 0.3) is 0 Å². The summed E-state index contributed by atoms with van der Waals surface area (Å²) >= 11 is 0. The van der Waals surface area contributed by atoms with Crippen LogP contribution in [0.5, 0.6) is 0 Å². The minimum absolute atomic E-state index is 0.209. The molecule has 3 aromatic carbocycles. The van der Waals surface area contributed by atoms with Crippen molar-refractivity contribution >= 4 is 17.3 Å². The number of hydrogen-bond acceptors (Lipinski definition) is 2. The molecule has 0 fully saturated rings. The predicted molar refractivity (Wildman–Crippen MR) is 99.0 cm³/mol. The Morgan fingerprint density at radius 3 is 2.28 bits per heavy atom. The number of rotatable bonds is 5. The molecule has 0 aliphatic carbocycles. The van der Waals surface area contributed by atoms with Gasteiger partial charge in [0.1, 0.15) is 11.9 Å². The van der Waals surface area contributed by atoms with Crippen molar-refractivity contribution in [2.45, 2.75) is 13.0 Å². The van der Waals surface area contributed by atoms with E-state index in [1.165, 1.54) is 12.1 Å². The molecule has 0 spiro atoms. The van der Waals surface area contributed by atoms with Gasteiger partial charge in [-0.05, 0) is 54.4 Å². The van der Waals surface area contributed by atoms with Crippen LogP contribution in [0.2, 0.25) is 0 Å². The van der Waals surface area contributed by atoms with Gasteiger partial charge in [0.15, 0.2) is 0 Å². The highest BCUT2D eigenvalue weighted by atomic mass is 19.1. The number of carbonyl (C=O) groups is 1. The van der Waals surface area contributed by atoms with Crippen LogP contribution in [0.3, 0.4) is 0 Å². The number of benzene rings is 3. The number of carbonyl (C=O) groups excluding carboxylic acids is 1. The van der Waals surface area contributed by atoms with Crippen LogP contribution in [0, 0.1) is 12.7 Å². The maximum absolute atomic E-state index is 13.0. The summed E-state index contributed by atoms with van der Waals surface area (Å²) in [7, 11) is 0. The van der Waals surface area contributed by atoms with Gasteiger partial charge >= 0.3 is 0 Å². The smallest absolute Gasteiger partial charge is 0.251 e. The SMILES string of the molecule is Cc1cccc(N[C@H](C(=O)Nc2ccc(F)cc2)c2ccccc2)c1. The molecule has 25 heavy (non-hydrogen) atoms. The molecule has 3 nitrogen and oxygen atoms in total. The molecular weight excluding hydrogens is 315 g/mol. The summed E-state index contributed by atoms with van der Waals surface area (Å²) in [4.78, 5) is 12.8. The van der Waals surface area contributed by atoms with Crippen molar-refractivity contribution in [3.05, 3.63) is 95.8 Å². The summed E-state index contributed by atoms with van der Waals surface area (Å²) in [6.45, 7) is 2.00. The summed E-state index contributed by atoms with van der Waals surface area (Å²) in [5.41, 5.74) is 3.38. The summed E-state index contributed by atoms with van der Waals surface area (Å²) in [5.74, 6) is -0.546. The second-order valence-corrected chi connectivity index (χ2v) is 5.85. The summed E-state index contributed by atoms with van der Waals surface area (Å²) in [6, 6.07) is 22.5. The van der Waals surface area contributed by atoms with Gasteiger partial charge in [0.25, 0.3) is 5.91 Å². The van der Waals surface area contributed by atoms with Crippen LogP contribution in [0.15, 0.2) is 78.9 Å². The zero-order valence-corrected chi connectivity index (χ0v) is 13.9. The van der Waals surface area contributed by atoms with Gasteiger partial charge in [-0.25, -0.2) is 4.39 Å². The lowest BCUT2D eigenvalue weighted by atomic mass is 10.1. The van der Waals surface area contributed by atoms with Gasteiger partial charge in [-0.15, -0.1) is 0 Å². The standard InChI is InChI=1S/C21H19FN2O/c1-15-6-5-9-19(14-15)23-20(16-7-3-2-4-8-16)21(25)24-18-12-10-17(22)11-13-18/h2-14,20,23H,1H3,(H,24,25)/t20-/m0/s1. The summed E-state index contributed by atoms with van der Waals surface area (Å²) in [5, 5.41) is 6.12. The Labute approximate surface area is 146 Å². The van der Waals surface area contributed by atoms with E-state index in [9.17, 15) is 9.18 Å². The molecular formula is C21H19FN2O. The molecule has 0 bridgehead atoms. The number of hydrogen-bond donors (Lipinski definition) is 2. The third-order valence-corrected chi connectivity index (χ3v) is 3.84. The highest BCUT2D eigenvalue weighted by molar-refractivity contribution is 5.97. The van der Waals surface area contributed by atoms with Crippen molar-refractivity contribution in [2.75, 3.05) is 10.6 Å². The quantitative estimate of drug-likeness (QED) is 0.695. The van der Waals surface area contributed by atoms with Gasteiger partial charge in [0.2, 0.25) is 0 Å². The van der Waals surface area contributed by atoms with E-state index in [-0.39, 0.29) is 11.7 Å². The van der Waals surface area contributed by atoms with Gasteiger partial charge in [0.05, 0.1) is 0 Å². The van der Waals surface area contributed by atoms with E-state index >= 15 is 0 Å². The molecule has 0 saturated carbocycles. The van der Waals surface area contributed by atoms with Crippen LogP contribution in [-0.4, -0.2) is 5.91 Å².